The number of carbonyl (C=O) groups excluding carboxylic acids is 2. The van der Waals surface area contributed by atoms with Gasteiger partial charge in [0.2, 0.25) is 5.91 Å². The summed E-state index contributed by atoms with van der Waals surface area (Å²) in [6.45, 7) is 3.54. The summed E-state index contributed by atoms with van der Waals surface area (Å²) in [5.74, 6) is -1.80. The predicted octanol–water partition coefficient (Wildman–Crippen LogP) is 3.35. The molecule has 1 heterocycles. The molecule has 0 saturated carbocycles. The van der Waals surface area contributed by atoms with Gasteiger partial charge in [-0.1, -0.05) is 18.2 Å². The number of rotatable bonds is 5. The second kappa shape index (κ2) is 7.73. The van der Waals surface area contributed by atoms with Crippen molar-refractivity contribution in [2.24, 2.45) is 0 Å². The third-order valence-corrected chi connectivity index (χ3v) is 4.46. The van der Waals surface area contributed by atoms with E-state index in [2.05, 4.69) is 5.32 Å². The standard InChI is InChI=1S/C20H20F2N2O3/c1-12(14-7-8-15(21)16(22)11-14)23-19(25)9-10-24-17-5-3-4-6-18(17)27-13(2)20(24)26/h3-8,11-13H,9-10H2,1-2H3,(H,23,25). The zero-order valence-electron chi connectivity index (χ0n) is 15.0. The molecule has 7 heteroatoms. The van der Waals surface area contributed by atoms with Gasteiger partial charge in [-0.05, 0) is 43.7 Å². The molecule has 2 unspecified atom stereocenters. The number of hydrogen-bond acceptors (Lipinski definition) is 3. The second-order valence-electron chi connectivity index (χ2n) is 6.43. The lowest BCUT2D eigenvalue weighted by molar-refractivity contribution is -0.125. The van der Waals surface area contributed by atoms with Crippen LogP contribution in [0.1, 0.15) is 31.9 Å². The highest BCUT2D eigenvalue weighted by molar-refractivity contribution is 6.00. The van der Waals surface area contributed by atoms with Crippen molar-refractivity contribution in [1.29, 1.82) is 0 Å². The van der Waals surface area contributed by atoms with Gasteiger partial charge in [0.25, 0.3) is 5.91 Å². The van der Waals surface area contributed by atoms with Crippen LogP contribution in [0.5, 0.6) is 5.75 Å². The van der Waals surface area contributed by atoms with Gasteiger partial charge in [0.05, 0.1) is 11.7 Å². The number of halogens is 2. The molecule has 1 aliphatic rings. The number of hydrogen-bond donors (Lipinski definition) is 1. The van der Waals surface area contributed by atoms with E-state index >= 15 is 0 Å². The highest BCUT2D eigenvalue weighted by Gasteiger charge is 2.31. The molecular formula is C20H20F2N2O3. The van der Waals surface area contributed by atoms with Crippen molar-refractivity contribution in [3.05, 3.63) is 59.7 Å². The molecule has 1 aliphatic heterocycles. The Bertz CT molecular complexity index is 872. The predicted molar refractivity (Wildman–Crippen MR) is 96.4 cm³/mol. The summed E-state index contributed by atoms with van der Waals surface area (Å²) >= 11 is 0. The number of carbonyl (C=O) groups is 2. The van der Waals surface area contributed by atoms with Crippen LogP contribution in [0.3, 0.4) is 0 Å². The number of nitrogens with one attached hydrogen (secondary N) is 1. The van der Waals surface area contributed by atoms with Gasteiger partial charge in [0, 0.05) is 13.0 Å². The van der Waals surface area contributed by atoms with E-state index < -0.39 is 23.8 Å². The Kier molecular flexibility index (Phi) is 5.39. The van der Waals surface area contributed by atoms with Crippen molar-refractivity contribution in [1.82, 2.24) is 5.32 Å². The van der Waals surface area contributed by atoms with Gasteiger partial charge < -0.3 is 15.0 Å². The summed E-state index contributed by atoms with van der Waals surface area (Å²) in [6, 6.07) is 10.2. The Morgan fingerprint density at radius 1 is 1.22 bits per heavy atom. The number of anilines is 1. The molecule has 0 aromatic heterocycles. The summed E-state index contributed by atoms with van der Waals surface area (Å²) in [5.41, 5.74) is 1.09. The Hall–Kier alpha value is -2.96. The molecule has 2 atom stereocenters. The van der Waals surface area contributed by atoms with Gasteiger partial charge in [0.15, 0.2) is 17.7 Å². The maximum absolute atomic E-state index is 13.3. The average molecular weight is 374 g/mol. The molecule has 2 aromatic carbocycles. The molecule has 2 aromatic rings. The Balaban J connectivity index is 1.63. The molecule has 3 rings (SSSR count). The monoisotopic (exact) mass is 374 g/mol. The van der Waals surface area contributed by atoms with Crippen molar-refractivity contribution in [2.45, 2.75) is 32.4 Å². The van der Waals surface area contributed by atoms with Crippen LogP contribution in [-0.2, 0) is 9.59 Å². The summed E-state index contributed by atoms with van der Waals surface area (Å²) in [7, 11) is 0. The topological polar surface area (TPSA) is 58.6 Å². The minimum atomic E-state index is -0.960. The molecular weight excluding hydrogens is 354 g/mol. The number of fused-ring (bicyclic) bond motifs is 1. The first-order valence-corrected chi connectivity index (χ1v) is 8.68. The molecule has 2 amide bonds. The summed E-state index contributed by atoms with van der Waals surface area (Å²) in [5, 5.41) is 2.74. The lowest BCUT2D eigenvalue weighted by Crippen LogP contribution is -2.45. The molecule has 5 nitrogen and oxygen atoms in total. The second-order valence-corrected chi connectivity index (χ2v) is 6.43. The normalized spacial score (nSPS) is 17.1. The summed E-state index contributed by atoms with van der Waals surface area (Å²) < 4.78 is 31.9. The van der Waals surface area contributed by atoms with Crippen molar-refractivity contribution in [2.75, 3.05) is 11.4 Å². The van der Waals surface area contributed by atoms with E-state index in [0.29, 0.717) is 17.0 Å². The summed E-state index contributed by atoms with van der Waals surface area (Å²) in [4.78, 5) is 26.2. The number of para-hydroxylation sites is 2. The van der Waals surface area contributed by atoms with Crippen molar-refractivity contribution >= 4 is 17.5 Å². The van der Waals surface area contributed by atoms with E-state index in [9.17, 15) is 18.4 Å². The van der Waals surface area contributed by atoms with Crippen LogP contribution in [0, 0.1) is 11.6 Å². The van der Waals surface area contributed by atoms with E-state index in [1.165, 1.54) is 11.0 Å². The molecule has 0 fully saturated rings. The number of benzene rings is 2. The largest absolute Gasteiger partial charge is 0.479 e. The van der Waals surface area contributed by atoms with Crippen LogP contribution in [0.2, 0.25) is 0 Å². The minimum Gasteiger partial charge on any atom is -0.479 e. The molecule has 0 bridgehead atoms. The maximum atomic E-state index is 13.3. The van der Waals surface area contributed by atoms with E-state index in [-0.39, 0.29) is 24.8 Å². The van der Waals surface area contributed by atoms with Gasteiger partial charge in [-0.15, -0.1) is 0 Å². The van der Waals surface area contributed by atoms with Crippen molar-refractivity contribution in [3.63, 3.8) is 0 Å². The molecule has 142 valence electrons. The third-order valence-electron chi connectivity index (χ3n) is 4.46. The fourth-order valence-corrected chi connectivity index (χ4v) is 2.98. The molecule has 1 N–H and O–H groups in total. The van der Waals surface area contributed by atoms with Gasteiger partial charge in [-0.25, -0.2) is 8.78 Å². The number of nitrogens with zero attached hydrogens (tertiary/aromatic N) is 1. The molecule has 0 aliphatic carbocycles. The van der Waals surface area contributed by atoms with Crippen LogP contribution in [0.4, 0.5) is 14.5 Å². The minimum absolute atomic E-state index is 0.0702. The molecule has 0 radical (unpaired) electrons. The highest BCUT2D eigenvalue weighted by Crippen LogP contribution is 2.33. The Labute approximate surface area is 155 Å². The Morgan fingerprint density at radius 2 is 1.96 bits per heavy atom. The first-order chi connectivity index (χ1) is 12.9. The van der Waals surface area contributed by atoms with Gasteiger partial charge in [-0.2, -0.15) is 0 Å². The van der Waals surface area contributed by atoms with E-state index in [1.54, 1.807) is 32.0 Å². The van der Waals surface area contributed by atoms with E-state index in [4.69, 9.17) is 4.74 Å². The van der Waals surface area contributed by atoms with Crippen LogP contribution >= 0.6 is 0 Å². The van der Waals surface area contributed by atoms with E-state index in [0.717, 1.165) is 12.1 Å². The highest BCUT2D eigenvalue weighted by atomic mass is 19.2. The van der Waals surface area contributed by atoms with Crippen LogP contribution in [0.15, 0.2) is 42.5 Å². The summed E-state index contributed by atoms with van der Waals surface area (Å²) in [6.07, 6.45) is -0.551. The zero-order valence-corrected chi connectivity index (χ0v) is 15.0. The van der Waals surface area contributed by atoms with E-state index in [1.807, 2.05) is 6.07 Å². The first kappa shape index (κ1) is 18.8. The quantitative estimate of drug-likeness (QED) is 0.873. The average Bonchev–Trinajstić information content (AvgIpc) is 2.64. The molecule has 0 saturated heterocycles. The van der Waals surface area contributed by atoms with Gasteiger partial charge >= 0.3 is 0 Å². The molecule has 0 spiro atoms. The van der Waals surface area contributed by atoms with Crippen molar-refractivity contribution in [3.8, 4) is 5.75 Å². The zero-order chi connectivity index (χ0) is 19.6. The third kappa shape index (κ3) is 4.07. The smallest absolute Gasteiger partial charge is 0.267 e. The van der Waals surface area contributed by atoms with Crippen molar-refractivity contribution < 1.29 is 23.1 Å². The van der Waals surface area contributed by atoms with Crippen LogP contribution in [-0.4, -0.2) is 24.5 Å². The SMILES string of the molecule is CC1Oc2ccccc2N(CCC(=O)NC(C)c2ccc(F)c(F)c2)C1=O. The lowest BCUT2D eigenvalue weighted by atomic mass is 10.1. The number of ether oxygens (including phenoxy) is 1. The maximum Gasteiger partial charge on any atom is 0.267 e. The first-order valence-electron chi connectivity index (χ1n) is 8.68. The van der Waals surface area contributed by atoms with Crippen LogP contribution < -0.4 is 15.0 Å². The molecule has 27 heavy (non-hydrogen) atoms. The van der Waals surface area contributed by atoms with Gasteiger partial charge in [0.1, 0.15) is 5.75 Å². The fraction of sp³-hybridized carbons (Fsp3) is 0.300. The Morgan fingerprint density at radius 3 is 2.70 bits per heavy atom. The lowest BCUT2D eigenvalue weighted by Gasteiger charge is -2.32. The fourth-order valence-electron chi connectivity index (χ4n) is 2.98. The number of amides is 2. The van der Waals surface area contributed by atoms with Gasteiger partial charge in [-0.3, -0.25) is 9.59 Å². The van der Waals surface area contributed by atoms with Crippen LogP contribution in [0.25, 0.3) is 0 Å².